The fourth-order valence-corrected chi connectivity index (χ4v) is 2.75. The van der Waals surface area contributed by atoms with Crippen molar-refractivity contribution in [3.63, 3.8) is 0 Å². The summed E-state index contributed by atoms with van der Waals surface area (Å²) in [5.74, 6) is 1.65. The predicted octanol–water partition coefficient (Wildman–Crippen LogP) is 5.22. The van der Waals surface area contributed by atoms with Gasteiger partial charge in [0.25, 0.3) is 5.91 Å². The van der Waals surface area contributed by atoms with Crippen molar-refractivity contribution in [1.29, 1.82) is 0 Å². The van der Waals surface area contributed by atoms with Crippen LogP contribution in [0, 0.1) is 6.92 Å². The summed E-state index contributed by atoms with van der Waals surface area (Å²) in [6.45, 7) is 9.73. The SMILES string of the molecule is CCCc1cc(Oc2ccc(C(=O)N(CC)CC)cc2)ccc1C. The van der Waals surface area contributed by atoms with Gasteiger partial charge in [-0.3, -0.25) is 4.79 Å². The minimum Gasteiger partial charge on any atom is -0.457 e. The van der Waals surface area contributed by atoms with E-state index < -0.39 is 0 Å². The van der Waals surface area contributed by atoms with E-state index in [0.717, 1.165) is 37.4 Å². The van der Waals surface area contributed by atoms with E-state index in [-0.39, 0.29) is 5.91 Å². The van der Waals surface area contributed by atoms with E-state index in [4.69, 9.17) is 4.74 Å². The maximum absolute atomic E-state index is 12.3. The first-order valence-corrected chi connectivity index (χ1v) is 8.75. The first-order chi connectivity index (χ1) is 11.6. The number of rotatable bonds is 7. The average molecular weight is 325 g/mol. The lowest BCUT2D eigenvalue weighted by Gasteiger charge is -2.18. The van der Waals surface area contributed by atoms with Gasteiger partial charge in [0.1, 0.15) is 11.5 Å². The highest BCUT2D eigenvalue weighted by atomic mass is 16.5. The molecule has 2 rings (SSSR count). The van der Waals surface area contributed by atoms with Crippen LogP contribution in [0.25, 0.3) is 0 Å². The van der Waals surface area contributed by atoms with Crippen molar-refractivity contribution in [3.05, 3.63) is 59.2 Å². The molecule has 0 spiro atoms. The van der Waals surface area contributed by atoms with Crippen molar-refractivity contribution >= 4 is 5.91 Å². The summed E-state index contributed by atoms with van der Waals surface area (Å²) in [5, 5.41) is 0. The highest BCUT2D eigenvalue weighted by molar-refractivity contribution is 5.94. The van der Waals surface area contributed by atoms with Crippen molar-refractivity contribution in [2.24, 2.45) is 0 Å². The summed E-state index contributed by atoms with van der Waals surface area (Å²) in [5.41, 5.74) is 3.31. The molecular weight excluding hydrogens is 298 g/mol. The minimum absolute atomic E-state index is 0.0621. The van der Waals surface area contributed by atoms with Gasteiger partial charge in [0.15, 0.2) is 0 Å². The number of benzene rings is 2. The Labute approximate surface area is 145 Å². The van der Waals surface area contributed by atoms with Crippen LogP contribution in [0.15, 0.2) is 42.5 Å². The molecule has 0 aliphatic rings. The second kappa shape index (κ2) is 8.53. The molecule has 0 aromatic heterocycles. The Balaban J connectivity index is 2.12. The molecule has 128 valence electrons. The zero-order valence-electron chi connectivity index (χ0n) is 15.1. The summed E-state index contributed by atoms with van der Waals surface area (Å²) in [6.07, 6.45) is 2.17. The maximum atomic E-state index is 12.3. The number of carbonyl (C=O) groups excluding carboxylic acids is 1. The molecule has 0 N–H and O–H groups in total. The molecule has 2 aromatic rings. The van der Waals surface area contributed by atoms with Crippen LogP contribution in [0.5, 0.6) is 11.5 Å². The molecule has 24 heavy (non-hydrogen) atoms. The smallest absolute Gasteiger partial charge is 0.253 e. The Morgan fingerprint density at radius 2 is 1.58 bits per heavy atom. The molecule has 0 aliphatic heterocycles. The molecule has 0 heterocycles. The Morgan fingerprint density at radius 1 is 0.958 bits per heavy atom. The fraction of sp³-hybridized carbons (Fsp3) is 0.381. The van der Waals surface area contributed by atoms with Crippen LogP contribution < -0.4 is 4.74 Å². The molecule has 0 saturated heterocycles. The topological polar surface area (TPSA) is 29.5 Å². The van der Waals surface area contributed by atoms with Crippen LogP contribution in [0.4, 0.5) is 0 Å². The van der Waals surface area contributed by atoms with E-state index in [1.54, 1.807) is 0 Å². The van der Waals surface area contributed by atoms with E-state index in [1.165, 1.54) is 11.1 Å². The van der Waals surface area contributed by atoms with Gasteiger partial charge in [0.2, 0.25) is 0 Å². The Kier molecular flexibility index (Phi) is 6.42. The predicted molar refractivity (Wildman–Crippen MR) is 98.9 cm³/mol. The van der Waals surface area contributed by atoms with E-state index in [2.05, 4.69) is 26.0 Å². The van der Waals surface area contributed by atoms with E-state index in [0.29, 0.717) is 5.56 Å². The molecule has 3 heteroatoms. The molecular formula is C21H27NO2. The van der Waals surface area contributed by atoms with Crippen molar-refractivity contribution < 1.29 is 9.53 Å². The second-order valence-corrected chi connectivity index (χ2v) is 5.94. The van der Waals surface area contributed by atoms with Crippen molar-refractivity contribution in [2.75, 3.05) is 13.1 Å². The van der Waals surface area contributed by atoms with Gasteiger partial charge in [-0.15, -0.1) is 0 Å². The molecule has 2 aromatic carbocycles. The fourth-order valence-electron chi connectivity index (χ4n) is 2.75. The molecule has 0 aliphatic carbocycles. The van der Waals surface area contributed by atoms with Gasteiger partial charge in [-0.25, -0.2) is 0 Å². The van der Waals surface area contributed by atoms with Crippen molar-refractivity contribution in [2.45, 2.75) is 40.5 Å². The van der Waals surface area contributed by atoms with Gasteiger partial charge in [0.05, 0.1) is 0 Å². The standard InChI is InChI=1S/C21H27NO2/c1-5-8-18-15-20(12-9-16(18)4)24-19-13-10-17(11-14-19)21(23)22(6-2)7-3/h9-15H,5-8H2,1-4H3. The van der Waals surface area contributed by atoms with Gasteiger partial charge < -0.3 is 9.64 Å². The summed E-state index contributed by atoms with van der Waals surface area (Å²) in [4.78, 5) is 14.1. The number of amides is 1. The van der Waals surface area contributed by atoms with Crippen LogP contribution in [0.3, 0.4) is 0 Å². The highest BCUT2D eigenvalue weighted by Crippen LogP contribution is 2.25. The largest absolute Gasteiger partial charge is 0.457 e. The maximum Gasteiger partial charge on any atom is 0.253 e. The molecule has 3 nitrogen and oxygen atoms in total. The lowest BCUT2D eigenvalue weighted by Crippen LogP contribution is -2.30. The van der Waals surface area contributed by atoms with Crippen LogP contribution in [0.1, 0.15) is 48.7 Å². The number of ether oxygens (including phenoxy) is 1. The third kappa shape index (κ3) is 4.38. The molecule has 0 atom stereocenters. The van der Waals surface area contributed by atoms with Gasteiger partial charge in [-0.05, 0) is 74.7 Å². The zero-order chi connectivity index (χ0) is 17.5. The average Bonchev–Trinajstić information content (AvgIpc) is 2.60. The summed E-state index contributed by atoms with van der Waals surface area (Å²) in [6, 6.07) is 13.6. The Morgan fingerprint density at radius 3 is 2.17 bits per heavy atom. The van der Waals surface area contributed by atoms with Crippen LogP contribution >= 0.6 is 0 Å². The second-order valence-electron chi connectivity index (χ2n) is 5.94. The number of aryl methyl sites for hydroxylation is 2. The summed E-state index contributed by atoms with van der Waals surface area (Å²) < 4.78 is 5.94. The van der Waals surface area contributed by atoms with Crippen LogP contribution in [0.2, 0.25) is 0 Å². The minimum atomic E-state index is 0.0621. The molecule has 0 bridgehead atoms. The molecule has 0 saturated carbocycles. The first kappa shape index (κ1) is 18.1. The summed E-state index contributed by atoms with van der Waals surface area (Å²) in [7, 11) is 0. The molecule has 0 fully saturated rings. The number of hydrogen-bond donors (Lipinski definition) is 0. The van der Waals surface area contributed by atoms with E-state index in [1.807, 2.05) is 49.1 Å². The Hall–Kier alpha value is -2.29. The monoisotopic (exact) mass is 325 g/mol. The molecule has 1 amide bonds. The van der Waals surface area contributed by atoms with Crippen molar-refractivity contribution in [3.8, 4) is 11.5 Å². The van der Waals surface area contributed by atoms with Crippen molar-refractivity contribution in [1.82, 2.24) is 4.90 Å². The van der Waals surface area contributed by atoms with E-state index in [9.17, 15) is 4.79 Å². The first-order valence-electron chi connectivity index (χ1n) is 8.75. The third-order valence-electron chi connectivity index (χ3n) is 4.23. The zero-order valence-corrected chi connectivity index (χ0v) is 15.1. The highest BCUT2D eigenvalue weighted by Gasteiger charge is 2.12. The van der Waals surface area contributed by atoms with Gasteiger partial charge in [0, 0.05) is 18.7 Å². The van der Waals surface area contributed by atoms with Gasteiger partial charge >= 0.3 is 0 Å². The van der Waals surface area contributed by atoms with Crippen LogP contribution in [-0.4, -0.2) is 23.9 Å². The lowest BCUT2D eigenvalue weighted by atomic mass is 10.0. The number of hydrogen-bond acceptors (Lipinski definition) is 2. The molecule has 0 unspecified atom stereocenters. The quantitative estimate of drug-likeness (QED) is 0.698. The number of nitrogens with zero attached hydrogens (tertiary/aromatic N) is 1. The van der Waals surface area contributed by atoms with E-state index >= 15 is 0 Å². The van der Waals surface area contributed by atoms with Gasteiger partial charge in [-0.2, -0.15) is 0 Å². The Bertz CT molecular complexity index is 673. The third-order valence-corrected chi connectivity index (χ3v) is 4.23. The van der Waals surface area contributed by atoms with Gasteiger partial charge in [-0.1, -0.05) is 19.4 Å². The molecule has 0 radical (unpaired) electrons. The normalized spacial score (nSPS) is 10.5. The number of carbonyl (C=O) groups is 1. The van der Waals surface area contributed by atoms with Crippen LogP contribution in [-0.2, 0) is 6.42 Å². The lowest BCUT2D eigenvalue weighted by molar-refractivity contribution is 0.0773. The summed E-state index contributed by atoms with van der Waals surface area (Å²) >= 11 is 0.